The first-order chi connectivity index (χ1) is 14.4. The van der Waals surface area contributed by atoms with E-state index in [-0.39, 0.29) is 0 Å². The van der Waals surface area contributed by atoms with Crippen LogP contribution in [0, 0.1) is 0 Å². The summed E-state index contributed by atoms with van der Waals surface area (Å²) in [5.41, 5.74) is 7.05. The van der Waals surface area contributed by atoms with Crippen molar-refractivity contribution in [2.45, 2.75) is 0 Å². The zero-order valence-corrected chi connectivity index (χ0v) is 15.8. The molecule has 0 amide bonds. The van der Waals surface area contributed by atoms with Gasteiger partial charge in [0.05, 0.1) is 5.57 Å². The summed E-state index contributed by atoms with van der Waals surface area (Å²) in [5, 5.41) is 0. The Hall–Kier alpha value is -3.91. The molecule has 0 aliphatic heterocycles. The number of hydrogen-bond donors (Lipinski definition) is 0. The van der Waals surface area contributed by atoms with Crippen LogP contribution in [-0.2, 0) is 0 Å². The zero-order chi connectivity index (χ0) is 19.5. The van der Waals surface area contributed by atoms with Crippen LogP contribution >= 0.6 is 0 Å². The van der Waals surface area contributed by atoms with Crippen LogP contribution in [0.5, 0.6) is 0 Å². The molecule has 29 heavy (non-hydrogen) atoms. The van der Waals surface area contributed by atoms with E-state index in [1.807, 2.05) is 54.6 Å². The number of para-hydroxylation sites is 2. The van der Waals surface area contributed by atoms with Crippen LogP contribution in [0.4, 0.5) is 0 Å². The van der Waals surface area contributed by atoms with Gasteiger partial charge in [-0.25, -0.2) is 4.98 Å². The molecule has 0 unspecified atom stereocenters. The van der Waals surface area contributed by atoms with Crippen molar-refractivity contribution in [3.63, 3.8) is 0 Å². The molecule has 0 atom stereocenters. The van der Waals surface area contributed by atoms with Crippen molar-refractivity contribution in [1.82, 2.24) is 4.98 Å². The number of hydrogen-bond acceptors (Lipinski definition) is 2. The SMILES string of the molecule is c1ccc(C(=C(c2ccccc2)c2nc3ccccc3o2)c2ccccc2)cc1. The van der Waals surface area contributed by atoms with Crippen molar-refractivity contribution in [2.24, 2.45) is 0 Å². The lowest BCUT2D eigenvalue weighted by Gasteiger charge is -2.15. The fraction of sp³-hybridized carbons (Fsp3) is 0. The van der Waals surface area contributed by atoms with Gasteiger partial charge in [-0.05, 0) is 28.8 Å². The summed E-state index contributed by atoms with van der Waals surface area (Å²) >= 11 is 0. The van der Waals surface area contributed by atoms with Gasteiger partial charge in [0.2, 0.25) is 5.89 Å². The minimum atomic E-state index is 0.625. The first kappa shape index (κ1) is 17.2. The standard InChI is InChI=1S/C27H19NO/c1-4-12-20(13-5-1)25(21-14-6-2-7-15-21)26(22-16-8-3-9-17-22)27-28-23-18-10-11-19-24(23)29-27/h1-19H. The van der Waals surface area contributed by atoms with Gasteiger partial charge in [-0.1, -0.05) is 103 Å². The largest absolute Gasteiger partial charge is 0.436 e. The predicted molar refractivity (Wildman–Crippen MR) is 118 cm³/mol. The Bertz CT molecular complexity index is 1190. The quantitative estimate of drug-likeness (QED) is 0.323. The van der Waals surface area contributed by atoms with Gasteiger partial charge in [0.1, 0.15) is 5.52 Å². The van der Waals surface area contributed by atoms with E-state index in [4.69, 9.17) is 9.40 Å². The Balaban J connectivity index is 1.88. The first-order valence-electron chi connectivity index (χ1n) is 9.66. The van der Waals surface area contributed by atoms with E-state index in [1.54, 1.807) is 0 Å². The van der Waals surface area contributed by atoms with Crippen molar-refractivity contribution in [2.75, 3.05) is 0 Å². The van der Waals surface area contributed by atoms with Gasteiger partial charge in [0.25, 0.3) is 0 Å². The van der Waals surface area contributed by atoms with Crippen LogP contribution in [-0.4, -0.2) is 4.98 Å². The smallest absolute Gasteiger partial charge is 0.228 e. The molecule has 138 valence electrons. The van der Waals surface area contributed by atoms with Gasteiger partial charge >= 0.3 is 0 Å². The molecule has 1 heterocycles. The van der Waals surface area contributed by atoms with Crippen molar-refractivity contribution >= 4 is 22.2 Å². The van der Waals surface area contributed by atoms with Crippen LogP contribution in [0.1, 0.15) is 22.6 Å². The minimum absolute atomic E-state index is 0.625. The van der Waals surface area contributed by atoms with E-state index in [0.29, 0.717) is 5.89 Å². The molecule has 0 spiro atoms. The van der Waals surface area contributed by atoms with E-state index in [9.17, 15) is 0 Å². The van der Waals surface area contributed by atoms with E-state index >= 15 is 0 Å². The van der Waals surface area contributed by atoms with Crippen LogP contribution in [0.15, 0.2) is 120 Å². The lowest BCUT2D eigenvalue weighted by atomic mass is 9.89. The molecule has 5 aromatic rings. The molecule has 0 N–H and O–H groups in total. The summed E-state index contributed by atoms with van der Waals surface area (Å²) in [6, 6.07) is 39.1. The second-order valence-electron chi connectivity index (χ2n) is 6.83. The van der Waals surface area contributed by atoms with Gasteiger partial charge in [0.15, 0.2) is 5.58 Å². The third-order valence-corrected chi connectivity index (χ3v) is 4.95. The highest BCUT2D eigenvalue weighted by Gasteiger charge is 2.20. The highest BCUT2D eigenvalue weighted by atomic mass is 16.3. The summed E-state index contributed by atoms with van der Waals surface area (Å²) in [6.07, 6.45) is 0. The topological polar surface area (TPSA) is 26.0 Å². The molecule has 0 radical (unpaired) electrons. The van der Waals surface area contributed by atoms with Crippen LogP contribution < -0.4 is 0 Å². The molecule has 0 bridgehead atoms. The van der Waals surface area contributed by atoms with E-state index in [1.165, 1.54) is 0 Å². The molecular formula is C27H19NO. The Morgan fingerprint density at radius 2 is 0.931 bits per heavy atom. The summed E-state index contributed by atoms with van der Waals surface area (Å²) in [5.74, 6) is 0.625. The minimum Gasteiger partial charge on any atom is -0.436 e. The number of oxazole rings is 1. The molecule has 2 nitrogen and oxygen atoms in total. The maximum Gasteiger partial charge on any atom is 0.228 e. The lowest BCUT2D eigenvalue weighted by Crippen LogP contribution is -1.97. The third kappa shape index (κ3) is 3.37. The highest BCUT2D eigenvalue weighted by molar-refractivity contribution is 6.03. The molecule has 0 saturated carbocycles. The monoisotopic (exact) mass is 373 g/mol. The van der Waals surface area contributed by atoms with E-state index in [2.05, 4.69) is 60.7 Å². The first-order valence-corrected chi connectivity index (χ1v) is 9.66. The molecule has 4 aromatic carbocycles. The Kier molecular flexibility index (Phi) is 4.51. The second kappa shape index (κ2) is 7.61. The van der Waals surface area contributed by atoms with Crippen LogP contribution in [0.25, 0.3) is 22.2 Å². The number of benzene rings is 4. The van der Waals surface area contributed by atoms with Crippen molar-refractivity contribution < 1.29 is 4.42 Å². The van der Waals surface area contributed by atoms with Gasteiger partial charge in [0, 0.05) is 5.57 Å². The predicted octanol–water partition coefficient (Wildman–Crippen LogP) is 6.84. The molecule has 0 fully saturated rings. The number of aromatic nitrogens is 1. The van der Waals surface area contributed by atoms with Crippen molar-refractivity contribution in [1.29, 1.82) is 0 Å². The second-order valence-corrected chi connectivity index (χ2v) is 6.83. The van der Waals surface area contributed by atoms with E-state index in [0.717, 1.165) is 38.9 Å². The number of rotatable bonds is 4. The fourth-order valence-electron chi connectivity index (χ4n) is 3.62. The van der Waals surface area contributed by atoms with Gasteiger partial charge in [-0.3, -0.25) is 0 Å². The average molecular weight is 373 g/mol. The summed E-state index contributed by atoms with van der Waals surface area (Å²) < 4.78 is 6.24. The Morgan fingerprint density at radius 1 is 0.483 bits per heavy atom. The maximum absolute atomic E-state index is 6.24. The lowest BCUT2D eigenvalue weighted by molar-refractivity contribution is 0.585. The molecular weight excluding hydrogens is 354 g/mol. The Morgan fingerprint density at radius 3 is 1.45 bits per heavy atom. The number of nitrogens with zero attached hydrogens (tertiary/aromatic N) is 1. The zero-order valence-electron chi connectivity index (χ0n) is 15.8. The highest BCUT2D eigenvalue weighted by Crippen LogP contribution is 2.37. The van der Waals surface area contributed by atoms with Crippen molar-refractivity contribution in [3.8, 4) is 0 Å². The maximum atomic E-state index is 6.24. The molecule has 5 rings (SSSR count). The van der Waals surface area contributed by atoms with Crippen molar-refractivity contribution in [3.05, 3.63) is 138 Å². The van der Waals surface area contributed by atoms with Crippen LogP contribution in [0.2, 0.25) is 0 Å². The van der Waals surface area contributed by atoms with Crippen LogP contribution in [0.3, 0.4) is 0 Å². The van der Waals surface area contributed by atoms with E-state index < -0.39 is 0 Å². The fourth-order valence-corrected chi connectivity index (χ4v) is 3.62. The van der Waals surface area contributed by atoms with Gasteiger partial charge in [-0.2, -0.15) is 0 Å². The van der Waals surface area contributed by atoms with Gasteiger partial charge < -0.3 is 4.42 Å². The number of fused-ring (bicyclic) bond motifs is 1. The van der Waals surface area contributed by atoms with Gasteiger partial charge in [-0.15, -0.1) is 0 Å². The molecule has 0 aliphatic rings. The average Bonchev–Trinajstić information content (AvgIpc) is 3.23. The summed E-state index contributed by atoms with van der Waals surface area (Å²) in [4.78, 5) is 4.84. The molecule has 0 saturated heterocycles. The third-order valence-electron chi connectivity index (χ3n) is 4.95. The normalized spacial score (nSPS) is 10.8. The summed E-state index contributed by atoms with van der Waals surface area (Å²) in [6.45, 7) is 0. The Labute approximate surface area is 169 Å². The molecule has 2 heteroatoms. The molecule has 0 aliphatic carbocycles. The summed E-state index contributed by atoms with van der Waals surface area (Å²) in [7, 11) is 0. The molecule has 1 aromatic heterocycles.